The molecule has 23 heavy (non-hydrogen) atoms. The van der Waals surface area contributed by atoms with Crippen molar-refractivity contribution in [3.8, 4) is 0 Å². The van der Waals surface area contributed by atoms with Crippen LogP contribution in [0, 0.1) is 11.3 Å². The fourth-order valence-corrected chi connectivity index (χ4v) is 6.19. The zero-order valence-corrected chi connectivity index (χ0v) is 14.2. The van der Waals surface area contributed by atoms with Gasteiger partial charge in [-0.2, -0.15) is 0 Å². The third kappa shape index (κ3) is 2.92. The minimum atomic E-state index is -3.06. The Morgan fingerprint density at radius 3 is 2.91 bits per heavy atom. The first-order valence-corrected chi connectivity index (χ1v) is 10.1. The van der Waals surface area contributed by atoms with Crippen molar-refractivity contribution in [2.75, 3.05) is 19.7 Å². The Labute approximate surface area is 138 Å². The van der Waals surface area contributed by atoms with E-state index in [1.165, 1.54) is 6.42 Å². The fraction of sp³-hybridized carbons (Fsp3) is 0.706. The number of fused-ring (bicyclic) bond motifs is 1. The number of nitrogens with zero attached hydrogens (tertiary/aromatic N) is 2. The van der Waals surface area contributed by atoms with Crippen LogP contribution < -0.4 is 0 Å². The topological polar surface area (TPSA) is 59.5 Å². The van der Waals surface area contributed by atoms with Gasteiger partial charge in [-0.1, -0.05) is 12.5 Å². The molecule has 0 N–H and O–H groups in total. The van der Waals surface area contributed by atoms with Gasteiger partial charge in [0.15, 0.2) is 0 Å². The summed E-state index contributed by atoms with van der Waals surface area (Å²) in [6.45, 7) is 2.50. The number of ether oxygens (including phenoxy) is 1. The second-order valence-electron chi connectivity index (χ2n) is 7.30. The van der Waals surface area contributed by atoms with E-state index < -0.39 is 10.0 Å². The molecule has 126 valence electrons. The fourth-order valence-electron chi connectivity index (χ4n) is 4.21. The summed E-state index contributed by atoms with van der Waals surface area (Å²) in [6, 6.07) is 5.82. The van der Waals surface area contributed by atoms with Gasteiger partial charge >= 0.3 is 0 Å². The third-order valence-corrected chi connectivity index (χ3v) is 7.99. The van der Waals surface area contributed by atoms with E-state index in [1.54, 1.807) is 10.5 Å². The number of hydrogen-bond acceptors (Lipinski definition) is 4. The first kappa shape index (κ1) is 15.5. The van der Waals surface area contributed by atoms with Gasteiger partial charge in [-0.3, -0.25) is 4.98 Å². The van der Waals surface area contributed by atoms with Crippen molar-refractivity contribution in [1.29, 1.82) is 0 Å². The van der Waals surface area contributed by atoms with E-state index in [9.17, 15) is 8.42 Å². The summed E-state index contributed by atoms with van der Waals surface area (Å²) in [4.78, 5) is 4.28. The molecule has 1 aromatic heterocycles. The lowest BCUT2D eigenvalue weighted by Gasteiger charge is -2.28. The van der Waals surface area contributed by atoms with Crippen LogP contribution in [0.1, 0.15) is 37.8 Å². The SMILES string of the molecule is O=S(=O)(C1CC1)N1C[C@@H]2CCC[C@]2(COCc2ccccn2)C1. The lowest BCUT2D eigenvalue weighted by Crippen LogP contribution is -2.36. The molecule has 1 aliphatic heterocycles. The molecule has 1 saturated heterocycles. The van der Waals surface area contributed by atoms with E-state index in [-0.39, 0.29) is 10.7 Å². The molecule has 2 atom stereocenters. The van der Waals surface area contributed by atoms with E-state index in [0.29, 0.717) is 32.2 Å². The van der Waals surface area contributed by atoms with Gasteiger partial charge in [-0.05, 0) is 43.7 Å². The summed E-state index contributed by atoms with van der Waals surface area (Å²) in [5.74, 6) is 0.458. The molecule has 0 amide bonds. The Morgan fingerprint density at radius 2 is 2.17 bits per heavy atom. The Balaban J connectivity index is 1.41. The maximum Gasteiger partial charge on any atom is 0.217 e. The number of aromatic nitrogens is 1. The summed E-state index contributed by atoms with van der Waals surface area (Å²) in [6.07, 6.45) is 6.85. The largest absolute Gasteiger partial charge is 0.375 e. The molecule has 3 aliphatic rings. The van der Waals surface area contributed by atoms with Gasteiger partial charge in [0.2, 0.25) is 10.0 Å². The van der Waals surface area contributed by atoms with Crippen molar-refractivity contribution < 1.29 is 13.2 Å². The average molecular weight is 336 g/mol. The highest BCUT2D eigenvalue weighted by Crippen LogP contribution is 2.50. The Bertz CT molecular complexity index is 660. The van der Waals surface area contributed by atoms with Crippen LogP contribution in [0.15, 0.2) is 24.4 Å². The molecule has 2 heterocycles. The predicted octanol–water partition coefficient (Wildman–Crippen LogP) is 2.19. The second kappa shape index (κ2) is 5.83. The van der Waals surface area contributed by atoms with Crippen molar-refractivity contribution >= 4 is 10.0 Å². The van der Waals surface area contributed by atoms with E-state index in [2.05, 4.69) is 4.98 Å². The average Bonchev–Trinajstić information content (AvgIpc) is 3.24. The first-order valence-electron chi connectivity index (χ1n) is 8.57. The van der Waals surface area contributed by atoms with E-state index in [4.69, 9.17) is 4.74 Å². The van der Waals surface area contributed by atoms with Crippen LogP contribution in [0.25, 0.3) is 0 Å². The van der Waals surface area contributed by atoms with Crippen LogP contribution in [0.4, 0.5) is 0 Å². The molecular formula is C17H24N2O3S. The van der Waals surface area contributed by atoms with Crippen molar-refractivity contribution in [2.45, 2.75) is 44.0 Å². The number of rotatable bonds is 6. The standard InChI is InChI=1S/C17H24N2O3S/c20-23(21,16-6-7-16)19-10-14-4-3-8-17(14,12-19)13-22-11-15-5-1-2-9-18-15/h1-2,5,9,14,16H,3-4,6-8,10-13H2/t14-,17+/m0/s1. The van der Waals surface area contributed by atoms with Crippen molar-refractivity contribution in [3.05, 3.63) is 30.1 Å². The first-order chi connectivity index (χ1) is 11.1. The van der Waals surface area contributed by atoms with E-state index in [1.807, 2.05) is 18.2 Å². The van der Waals surface area contributed by atoms with Crippen LogP contribution in [-0.4, -0.2) is 42.7 Å². The summed E-state index contributed by atoms with van der Waals surface area (Å²) >= 11 is 0. The summed E-state index contributed by atoms with van der Waals surface area (Å²) in [5, 5.41) is -0.104. The number of sulfonamides is 1. The maximum absolute atomic E-state index is 12.5. The van der Waals surface area contributed by atoms with Crippen molar-refractivity contribution in [3.63, 3.8) is 0 Å². The van der Waals surface area contributed by atoms with Gasteiger partial charge < -0.3 is 4.74 Å². The summed E-state index contributed by atoms with van der Waals surface area (Å²) < 4.78 is 32.8. The van der Waals surface area contributed by atoms with Crippen LogP contribution in [0.5, 0.6) is 0 Å². The van der Waals surface area contributed by atoms with Gasteiger partial charge in [0.25, 0.3) is 0 Å². The Kier molecular flexibility index (Phi) is 3.94. The third-order valence-electron chi connectivity index (χ3n) is 5.68. The maximum atomic E-state index is 12.5. The van der Waals surface area contributed by atoms with Crippen LogP contribution in [0.3, 0.4) is 0 Å². The second-order valence-corrected chi connectivity index (χ2v) is 9.52. The highest BCUT2D eigenvalue weighted by Gasteiger charge is 2.54. The zero-order valence-electron chi connectivity index (χ0n) is 13.4. The molecule has 3 fully saturated rings. The minimum Gasteiger partial charge on any atom is -0.375 e. The lowest BCUT2D eigenvalue weighted by atomic mass is 9.82. The van der Waals surface area contributed by atoms with E-state index in [0.717, 1.165) is 31.4 Å². The molecule has 5 nitrogen and oxygen atoms in total. The van der Waals surface area contributed by atoms with Gasteiger partial charge in [0.05, 0.1) is 24.2 Å². The molecule has 0 bridgehead atoms. The van der Waals surface area contributed by atoms with Gasteiger partial charge in [0, 0.05) is 24.7 Å². The van der Waals surface area contributed by atoms with Crippen LogP contribution in [-0.2, 0) is 21.4 Å². The molecule has 4 rings (SSSR count). The molecule has 0 unspecified atom stereocenters. The van der Waals surface area contributed by atoms with Gasteiger partial charge in [0.1, 0.15) is 0 Å². The molecule has 0 radical (unpaired) electrons. The number of hydrogen-bond donors (Lipinski definition) is 0. The Morgan fingerprint density at radius 1 is 1.30 bits per heavy atom. The van der Waals surface area contributed by atoms with Crippen LogP contribution in [0.2, 0.25) is 0 Å². The number of pyridine rings is 1. The van der Waals surface area contributed by atoms with Gasteiger partial charge in [-0.15, -0.1) is 0 Å². The molecule has 2 aliphatic carbocycles. The Hall–Kier alpha value is -0.980. The lowest BCUT2D eigenvalue weighted by molar-refractivity contribution is 0.0278. The van der Waals surface area contributed by atoms with Crippen molar-refractivity contribution in [1.82, 2.24) is 9.29 Å². The smallest absolute Gasteiger partial charge is 0.217 e. The highest BCUT2D eigenvalue weighted by molar-refractivity contribution is 7.90. The van der Waals surface area contributed by atoms with Crippen molar-refractivity contribution in [2.24, 2.45) is 11.3 Å². The quantitative estimate of drug-likeness (QED) is 0.799. The molecule has 1 aromatic rings. The molecule has 6 heteroatoms. The zero-order chi connectivity index (χ0) is 15.9. The minimum absolute atomic E-state index is 0.0245. The molecular weight excluding hydrogens is 312 g/mol. The highest BCUT2D eigenvalue weighted by atomic mass is 32.2. The molecule has 0 aromatic carbocycles. The van der Waals surface area contributed by atoms with Crippen LogP contribution >= 0.6 is 0 Å². The molecule has 0 spiro atoms. The molecule has 2 saturated carbocycles. The summed E-state index contributed by atoms with van der Waals surface area (Å²) in [7, 11) is -3.06. The normalized spacial score (nSPS) is 31.4. The van der Waals surface area contributed by atoms with E-state index >= 15 is 0 Å². The van der Waals surface area contributed by atoms with Gasteiger partial charge in [-0.25, -0.2) is 12.7 Å². The summed E-state index contributed by atoms with van der Waals surface area (Å²) in [5.41, 5.74) is 0.954. The predicted molar refractivity (Wildman–Crippen MR) is 87.2 cm³/mol. The monoisotopic (exact) mass is 336 g/mol.